The number of benzene rings is 2. The molecule has 2 aromatic carbocycles. The van der Waals surface area contributed by atoms with Gasteiger partial charge in [0, 0.05) is 5.69 Å². The molecule has 5 heteroatoms. The van der Waals surface area contributed by atoms with Crippen molar-refractivity contribution in [3.8, 4) is 0 Å². The van der Waals surface area contributed by atoms with Gasteiger partial charge in [-0.3, -0.25) is 4.79 Å². The van der Waals surface area contributed by atoms with Crippen molar-refractivity contribution in [2.45, 2.75) is 0 Å². The maximum absolute atomic E-state index is 11.0. The molecule has 0 radical (unpaired) electrons. The third kappa shape index (κ3) is 4.51. The standard InChI is InChI=1S/C13H11NO2.CH2O2/c15-13(16)11-8-4-5-9-12(11)14-10-6-2-1-3-7-10;2-1-3/h1-9,14H,(H,15,16);1H,(H,2,3). The molecule has 2 aromatic rings. The van der Waals surface area contributed by atoms with Crippen LogP contribution in [0.15, 0.2) is 54.6 Å². The second kappa shape index (κ2) is 7.50. The summed E-state index contributed by atoms with van der Waals surface area (Å²) >= 11 is 0. The van der Waals surface area contributed by atoms with E-state index < -0.39 is 5.97 Å². The van der Waals surface area contributed by atoms with Crippen molar-refractivity contribution in [3.05, 3.63) is 60.2 Å². The minimum absolute atomic E-state index is 0.250. The van der Waals surface area contributed by atoms with Gasteiger partial charge in [-0.25, -0.2) is 4.79 Å². The first-order valence-electron chi connectivity index (χ1n) is 5.41. The van der Waals surface area contributed by atoms with Crippen LogP contribution in [0.3, 0.4) is 0 Å². The molecule has 0 atom stereocenters. The van der Waals surface area contributed by atoms with E-state index in [-0.39, 0.29) is 12.0 Å². The maximum atomic E-state index is 11.0. The Morgan fingerprint density at radius 1 is 1.00 bits per heavy atom. The van der Waals surface area contributed by atoms with E-state index in [1.54, 1.807) is 24.3 Å². The van der Waals surface area contributed by atoms with Crippen LogP contribution in [0.2, 0.25) is 0 Å². The minimum atomic E-state index is -0.931. The molecule has 19 heavy (non-hydrogen) atoms. The predicted molar refractivity (Wildman–Crippen MR) is 71.8 cm³/mol. The number of carbonyl (C=O) groups is 2. The topological polar surface area (TPSA) is 86.6 Å². The van der Waals surface area contributed by atoms with Gasteiger partial charge in [-0.2, -0.15) is 0 Å². The molecule has 0 heterocycles. The largest absolute Gasteiger partial charge is 0.483 e. The summed E-state index contributed by atoms with van der Waals surface area (Å²) in [6, 6.07) is 16.3. The summed E-state index contributed by atoms with van der Waals surface area (Å²) < 4.78 is 0. The first-order chi connectivity index (χ1) is 9.19. The van der Waals surface area contributed by atoms with E-state index in [2.05, 4.69) is 5.32 Å². The number of para-hydroxylation sites is 2. The van der Waals surface area contributed by atoms with E-state index in [1.807, 2.05) is 30.3 Å². The Balaban J connectivity index is 0.000000550. The number of nitrogens with one attached hydrogen (secondary N) is 1. The fourth-order valence-electron chi connectivity index (χ4n) is 1.46. The van der Waals surface area contributed by atoms with Crippen LogP contribution in [-0.4, -0.2) is 22.7 Å². The molecule has 0 spiro atoms. The summed E-state index contributed by atoms with van der Waals surface area (Å²) in [4.78, 5) is 19.3. The van der Waals surface area contributed by atoms with Gasteiger partial charge in [0.15, 0.2) is 0 Å². The quantitative estimate of drug-likeness (QED) is 0.738. The molecule has 3 N–H and O–H groups in total. The second-order valence-corrected chi connectivity index (χ2v) is 3.45. The SMILES string of the molecule is O=C(O)c1ccccc1Nc1ccccc1.O=CO. The zero-order valence-electron chi connectivity index (χ0n) is 9.98. The number of anilines is 2. The first-order valence-corrected chi connectivity index (χ1v) is 5.41. The zero-order chi connectivity index (χ0) is 14.1. The Morgan fingerprint density at radius 2 is 1.53 bits per heavy atom. The Kier molecular flexibility index (Phi) is 5.62. The molecule has 0 aromatic heterocycles. The lowest BCUT2D eigenvalue weighted by molar-refractivity contribution is -0.122. The molecule has 0 aliphatic heterocycles. The molecule has 98 valence electrons. The highest BCUT2D eigenvalue weighted by molar-refractivity contribution is 5.95. The van der Waals surface area contributed by atoms with Crippen LogP contribution < -0.4 is 5.32 Å². The average Bonchev–Trinajstić information content (AvgIpc) is 2.41. The fraction of sp³-hybridized carbons (Fsp3) is 0. The summed E-state index contributed by atoms with van der Waals surface area (Å²) in [7, 11) is 0. The number of hydrogen-bond acceptors (Lipinski definition) is 3. The van der Waals surface area contributed by atoms with Crippen LogP contribution in [0, 0.1) is 0 Å². The van der Waals surface area contributed by atoms with Crippen LogP contribution in [0.4, 0.5) is 11.4 Å². The smallest absolute Gasteiger partial charge is 0.337 e. The molecule has 0 aliphatic carbocycles. The average molecular weight is 259 g/mol. The maximum Gasteiger partial charge on any atom is 0.337 e. The highest BCUT2D eigenvalue weighted by Gasteiger charge is 2.08. The van der Waals surface area contributed by atoms with Crippen molar-refractivity contribution in [2.24, 2.45) is 0 Å². The highest BCUT2D eigenvalue weighted by atomic mass is 16.4. The minimum Gasteiger partial charge on any atom is -0.483 e. The normalized spacial score (nSPS) is 8.84. The van der Waals surface area contributed by atoms with Crippen LogP contribution in [0.1, 0.15) is 10.4 Å². The molecular weight excluding hydrogens is 246 g/mol. The molecule has 5 nitrogen and oxygen atoms in total. The Bertz CT molecular complexity index is 540. The van der Waals surface area contributed by atoms with Crippen molar-refractivity contribution in [2.75, 3.05) is 5.32 Å². The van der Waals surface area contributed by atoms with E-state index >= 15 is 0 Å². The molecular formula is C14H13NO4. The van der Waals surface area contributed by atoms with Crippen molar-refractivity contribution < 1.29 is 19.8 Å². The summed E-state index contributed by atoms with van der Waals surface area (Å²) in [5, 5.41) is 19.0. The van der Waals surface area contributed by atoms with Gasteiger partial charge < -0.3 is 15.5 Å². The van der Waals surface area contributed by atoms with E-state index in [0.29, 0.717) is 5.69 Å². The number of carboxylic acids is 1. The summed E-state index contributed by atoms with van der Waals surface area (Å²) in [6.45, 7) is -0.250. The van der Waals surface area contributed by atoms with Gasteiger partial charge in [-0.15, -0.1) is 0 Å². The lowest BCUT2D eigenvalue weighted by Gasteiger charge is -2.08. The lowest BCUT2D eigenvalue weighted by atomic mass is 10.1. The molecule has 0 unspecified atom stereocenters. The van der Waals surface area contributed by atoms with Crippen molar-refractivity contribution >= 4 is 23.8 Å². The molecule has 0 fully saturated rings. The van der Waals surface area contributed by atoms with E-state index in [0.717, 1.165) is 5.69 Å². The van der Waals surface area contributed by atoms with Crippen molar-refractivity contribution in [1.29, 1.82) is 0 Å². The molecule has 0 bridgehead atoms. The van der Waals surface area contributed by atoms with Gasteiger partial charge in [0.25, 0.3) is 6.47 Å². The fourth-order valence-corrected chi connectivity index (χ4v) is 1.46. The van der Waals surface area contributed by atoms with Crippen LogP contribution in [0.5, 0.6) is 0 Å². The third-order valence-electron chi connectivity index (χ3n) is 2.21. The Labute approximate surface area is 110 Å². The van der Waals surface area contributed by atoms with Gasteiger partial charge in [0.1, 0.15) is 0 Å². The number of carboxylic acid groups (broad SMARTS) is 2. The summed E-state index contributed by atoms with van der Waals surface area (Å²) in [6.07, 6.45) is 0. The van der Waals surface area contributed by atoms with Crippen LogP contribution in [-0.2, 0) is 4.79 Å². The van der Waals surface area contributed by atoms with Crippen molar-refractivity contribution in [3.63, 3.8) is 0 Å². The molecule has 0 aliphatic rings. The molecule has 2 rings (SSSR count). The first kappa shape index (κ1) is 14.2. The monoisotopic (exact) mass is 259 g/mol. The van der Waals surface area contributed by atoms with Gasteiger partial charge in [0.2, 0.25) is 0 Å². The van der Waals surface area contributed by atoms with Crippen LogP contribution >= 0.6 is 0 Å². The lowest BCUT2D eigenvalue weighted by Crippen LogP contribution is -2.01. The zero-order valence-corrected chi connectivity index (χ0v) is 9.98. The van der Waals surface area contributed by atoms with Crippen LogP contribution in [0.25, 0.3) is 0 Å². The predicted octanol–water partition coefficient (Wildman–Crippen LogP) is 2.83. The number of rotatable bonds is 3. The summed E-state index contributed by atoms with van der Waals surface area (Å²) in [5.41, 5.74) is 1.74. The van der Waals surface area contributed by atoms with Gasteiger partial charge in [0.05, 0.1) is 11.3 Å². The van der Waals surface area contributed by atoms with Gasteiger partial charge in [-0.1, -0.05) is 30.3 Å². The van der Waals surface area contributed by atoms with E-state index in [9.17, 15) is 4.79 Å². The molecule has 0 amide bonds. The molecule has 0 saturated carbocycles. The Hall–Kier alpha value is -2.82. The third-order valence-corrected chi connectivity index (χ3v) is 2.21. The van der Waals surface area contributed by atoms with E-state index in [1.165, 1.54) is 0 Å². The number of hydrogen-bond donors (Lipinski definition) is 3. The molecule has 0 saturated heterocycles. The van der Waals surface area contributed by atoms with E-state index in [4.69, 9.17) is 15.0 Å². The van der Waals surface area contributed by atoms with Crippen molar-refractivity contribution in [1.82, 2.24) is 0 Å². The van der Waals surface area contributed by atoms with Gasteiger partial charge >= 0.3 is 5.97 Å². The highest BCUT2D eigenvalue weighted by Crippen LogP contribution is 2.20. The van der Waals surface area contributed by atoms with Gasteiger partial charge in [-0.05, 0) is 24.3 Å². The number of aromatic carboxylic acids is 1. The Morgan fingerprint density at radius 3 is 2.11 bits per heavy atom. The summed E-state index contributed by atoms with van der Waals surface area (Å²) in [5.74, 6) is -0.931. The second-order valence-electron chi connectivity index (χ2n) is 3.45.